The molecule has 4 heterocycles. The number of rotatable bonds is 6. The van der Waals surface area contributed by atoms with E-state index in [1.54, 1.807) is 29.9 Å². The van der Waals surface area contributed by atoms with Crippen LogP contribution in [0.2, 0.25) is 0 Å². The van der Waals surface area contributed by atoms with Gasteiger partial charge in [-0.1, -0.05) is 0 Å². The normalized spacial score (nSPS) is 24.0. The number of aromatic nitrogens is 2. The highest BCUT2D eigenvalue weighted by molar-refractivity contribution is 6.07. The topological polar surface area (TPSA) is 96.5 Å². The van der Waals surface area contributed by atoms with E-state index in [1.165, 1.54) is 12.3 Å². The zero-order valence-electron chi connectivity index (χ0n) is 15.2. The van der Waals surface area contributed by atoms with Gasteiger partial charge in [0.1, 0.15) is 5.69 Å². The van der Waals surface area contributed by atoms with E-state index in [1.807, 2.05) is 0 Å². The molecule has 142 valence electrons. The molecule has 2 aromatic rings. The lowest BCUT2D eigenvalue weighted by atomic mass is 10.1. The van der Waals surface area contributed by atoms with E-state index in [2.05, 4.69) is 20.1 Å². The number of nitrogens with one attached hydrogen (secondary N) is 1. The molecular formula is C18H22N6O3. The summed E-state index contributed by atoms with van der Waals surface area (Å²) >= 11 is 0. The number of nitrogens with zero attached hydrogens (tertiary/aromatic N) is 5. The van der Waals surface area contributed by atoms with Gasteiger partial charge in [-0.15, -0.1) is 0 Å². The minimum Gasteiger partial charge on any atom is -0.378 e. The first-order valence-corrected chi connectivity index (χ1v) is 9.03. The first-order valence-electron chi connectivity index (χ1n) is 9.03. The van der Waals surface area contributed by atoms with Crippen LogP contribution in [0.4, 0.5) is 11.4 Å². The molecule has 9 heteroatoms. The fourth-order valence-corrected chi connectivity index (χ4v) is 3.83. The van der Waals surface area contributed by atoms with Crippen LogP contribution in [0.15, 0.2) is 30.6 Å². The summed E-state index contributed by atoms with van der Waals surface area (Å²) in [7, 11) is 1.72. The lowest BCUT2D eigenvalue weighted by molar-refractivity contribution is -0.384. The van der Waals surface area contributed by atoms with Crippen LogP contribution < -0.4 is 5.32 Å². The number of fused-ring (bicyclic) bond motifs is 3. The molecule has 9 nitrogen and oxygen atoms in total. The van der Waals surface area contributed by atoms with E-state index < -0.39 is 4.92 Å². The Kier molecular flexibility index (Phi) is 4.63. The molecule has 0 amide bonds. The molecule has 1 atom stereocenters. The largest absolute Gasteiger partial charge is 0.378 e. The summed E-state index contributed by atoms with van der Waals surface area (Å²) in [6.45, 7) is 5.92. The van der Waals surface area contributed by atoms with Crippen LogP contribution in [-0.2, 0) is 7.05 Å². The maximum Gasteiger partial charge on any atom is 0.293 e. The third-order valence-corrected chi connectivity index (χ3v) is 5.40. The second-order valence-corrected chi connectivity index (χ2v) is 7.05. The van der Waals surface area contributed by atoms with Crippen LogP contribution in [0.25, 0.3) is 0 Å². The number of piperazine rings is 3. The Balaban J connectivity index is 1.52. The molecule has 3 saturated heterocycles. The highest BCUT2D eigenvalue weighted by atomic mass is 16.6. The molecule has 1 unspecified atom stereocenters. The first kappa shape index (κ1) is 17.6. The molecule has 1 aromatic carbocycles. The minimum absolute atomic E-state index is 0.0914. The Labute approximate surface area is 156 Å². The second-order valence-electron chi connectivity index (χ2n) is 7.05. The van der Waals surface area contributed by atoms with Gasteiger partial charge in [-0.05, 0) is 12.1 Å². The molecule has 0 radical (unpaired) electrons. The highest BCUT2D eigenvalue weighted by Crippen LogP contribution is 2.27. The quantitative estimate of drug-likeness (QED) is 0.460. The van der Waals surface area contributed by atoms with Gasteiger partial charge in [0.05, 0.1) is 4.92 Å². The summed E-state index contributed by atoms with van der Waals surface area (Å²) in [5.41, 5.74) is 0.605. The first-order chi connectivity index (χ1) is 13.0. The summed E-state index contributed by atoms with van der Waals surface area (Å²) < 4.78 is 1.60. The van der Waals surface area contributed by atoms with Crippen LogP contribution in [0.5, 0.6) is 0 Å². The number of benzene rings is 1. The van der Waals surface area contributed by atoms with Gasteiger partial charge >= 0.3 is 0 Å². The molecule has 1 aromatic heterocycles. The van der Waals surface area contributed by atoms with Crippen molar-refractivity contribution in [1.29, 1.82) is 0 Å². The molecule has 2 bridgehead atoms. The number of hydrogen-bond acceptors (Lipinski definition) is 7. The van der Waals surface area contributed by atoms with Gasteiger partial charge in [0.2, 0.25) is 5.78 Å². The number of anilines is 1. The number of nitro benzene ring substituents is 1. The van der Waals surface area contributed by atoms with Crippen molar-refractivity contribution in [1.82, 2.24) is 19.4 Å². The number of imidazole rings is 1. The van der Waals surface area contributed by atoms with E-state index in [-0.39, 0.29) is 22.9 Å². The van der Waals surface area contributed by atoms with Crippen LogP contribution >= 0.6 is 0 Å². The zero-order chi connectivity index (χ0) is 19.0. The lowest BCUT2D eigenvalue weighted by Gasteiger charge is -2.47. The summed E-state index contributed by atoms with van der Waals surface area (Å²) in [6, 6.07) is 4.91. The van der Waals surface area contributed by atoms with E-state index in [9.17, 15) is 14.9 Å². The van der Waals surface area contributed by atoms with Gasteiger partial charge in [0.25, 0.3) is 5.69 Å². The lowest BCUT2D eigenvalue weighted by Crippen LogP contribution is -2.62. The van der Waals surface area contributed by atoms with Gasteiger partial charge < -0.3 is 9.88 Å². The number of carbonyl (C=O) groups is 1. The molecule has 3 aliphatic rings. The Morgan fingerprint density at radius 2 is 2.11 bits per heavy atom. The Bertz CT molecular complexity index is 872. The molecule has 27 heavy (non-hydrogen) atoms. The smallest absolute Gasteiger partial charge is 0.293 e. The Hall–Kier alpha value is -2.78. The average Bonchev–Trinajstić information content (AvgIpc) is 3.12. The molecular weight excluding hydrogens is 348 g/mol. The Morgan fingerprint density at radius 1 is 1.33 bits per heavy atom. The van der Waals surface area contributed by atoms with E-state index in [0.717, 1.165) is 32.7 Å². The number of carbonyl (C=O) groups excluding carboxylic acids is 1. The van der Waals surface area contributed by atoms with Crippen molar-refractivity contribution in [3.05, 3.63) is 52.1 Å². The van der Waals surface area contributed by atoms with Crippen molar-refractivity contribution in [3.8, 4) is 0 Å². The summed E-state index contributed by atoms with van der Waals surface area (Å²) in [4.78, 5) is 32.5. The van der Waals surface area contributed by atoms with Crippen molar-refractivity contribution < 1.29 is 9.72 Å². The predicted octanol–water partition coefficient (Wildman–Crippen LogP) is 0.971. The highest BCUT2D eigenvalue weighted by Gasteiger charge is 2.32. The summed E-state index contributed by atoms with van der Waals surface area (Å²) in [5.74, 6) is -0.0780. The number of ketones is 1. The third-order valence-electron chi connectivity index (χ3n) is 5.40. The van der Waals surface area contributed by atoms with Gasteiger partial charge in [0, 0.05) is 76.4 Å². The van der Waals surface area contributed by atoms with Gasteiger partial charge in [-0.3, -0.25) is 24.7 Å². The number of nitro groups is 1. The Morgan fingerprint density at radius 3 is 2.70 bits per heavy atom. The maximum absolute atomic E-state index is 12.6. The van der Waals surface area contributed by atoms with Crippen LogP contribution in [0.1, 0.15) is 16.2 Å². The molecule has 3 aliphatic heterocycles. The van der Waals surface area contributed by atoms with Crippen LogP contribution in [0.3, 0.4) is 0 Å². The fourth-order valence-electron chi connectivity index (χ4n) is 3.83. The molecule has 0 aliphatic carbocycles. The standard InChI is InChI=1S/C18H22N6O3/c1-21-5-4-19-18(21)17(25)13-2-3-15(16(10-13)24(26)27)20-11-14-12-22-6-8-23(14)9-7-22/h2-5,10,14,20H,6-9,11-12H2,1H3. The van der Waals surface area contributed by atoms with Gasteiger partial charge in [-0.2, -0.15) is 0 Å². The van der Waals surface area contributed by atoms with E-state index in [0.29, 0.717) is 18.3 Å². The summed E-state index contributed by atoms with van der Waals surface area (Å²) in [6.07, 6.45) is 3.20. The summed E-state index contributed by atoms with van der Waals surface area (Å²) in [5, 5.41) is 14.8. The van der Waals surface area contributed by atoms with Crippen LogP contribution in [0, 0.1) is 10.1 Å². The fraction of sp³-hybridized carbons (Fsp3) is 0.444. The van der Waals surface area contributed by atoms with E-state index in [4.69, 9.17) is 0 Å². The van der Waals surface area contributed by atoms with Crippen molar-refractivity contribution in [2.24, 2.45) is 7.05 Å². The van der Waals surface area contributed by atoms with E-state index >= 15 is 0 Å². The molecule has 1 N–H and O–H groups in total. The molecule has 3 fully saturated rings. The van der Waals surface area contributed by atoms with Crippen molar-refractivity contribution in [2.75, 3.05) is 44.6 Å². The average molecular weight is 370 g/mol. The number of hydrogen-bond donors (Lipinski definition) is 1. The van der Waals surface area contributed by atoms with Gasteiger partial charge in [0.15, 0.2) is 5.82 Å². The molecule has 0 spiro atoms. The maximum atomic E-state index is 12.6. The van der Waals surface area contributed by atoms with Crippen molar-refractivity contribution in [3.63, 3.8) is 0 Å². The SMILES string of the molecule is Cn1ccnc1C(=O)c1ccc(NCC2CN3CCN2CC3)c([N+](=O)[O-])c1. The van der Waals surface area contributed by atoms with Crippen molar-refractivity contribution in [2.45, 2.75) is 6.04 Å². The predicted molar refractivity (Wildman–Crippen MR) is 100 cm³/mol. The monoisotopic (exact) mass is 370 g/mol. The van der Waals surface area contributed by atoms with Crippen LogP contribution in [-0.4, -0.2) is 75.4 Å². The van der Waals surface area contributed by atoms with Crippen molar-refractivity contribution >= 4 is 17.2 Å². The third kappa shape index (κ3) is 3.43. The molecule has 0 saturated carbocycles. The number of aryl methyl sites for hydroxylation is 1. The minimum atomic E-state index is -0.450. The van der Waals surface area contributed by atoms with Gasteiger partial charge in [-0.25, -0.2) is 4.98 Å². The molecule has 5 rings (SSSR count). The second kappa shape index (κ2) is 7.09. The zero-order valence-corrected chi connectivity index (χ0v) is 15.2.